The second kappa shape index (κ2) is 7.57. The average molecular weight is 342 g/mol. The van der Waals surface area contributed by atoms with Crippen molar-refractivity contribution in [2.24, 2.45) is 0 Å². The predicted molar refractivity (Wildman–Crippen MR) is 92.6 cm³/mol. The summed E-state index contributed by atoms with van der Waals surface area (Å²) in [6.07, 6.45) is 1.30. The predicted octanol–water partition coefficient (Wildman–Crippen LogP) is 4.64. The van der Waals surface area contributed by atoms with Crippen LogP contribution >= 0.6 is 0 Å². The fourth-order valence-electron chi connectivity index (χ4n) is 2.19. The quantitative estimate of drug-likeness (QED) is 0.683. The van der Waals surface area contributed by atoms with Crippen molar-refractivity contribution < 1.29 is 13.5 Å². The van der Waals surface area contributed by atoms with Gasteiger partial charge < -0.3 is 15.4 Å². The third-order valence-corrected chi connectivity index (χ3v) is 3.32. The molecule has 128 valence electrons. The van der Waals surface area contributed by atoms with Gasteiger partial charge in [-0.05, 0) is 43.3 Å². The summed E-state index contributed by atoms with van der Waals surface area (Å²) < 4.78 is 32.8. The highest BCUT2D eigenvalue weighted by molar-refractivity contribution is 5.63. The summed E-state index contributed by atoms with van der Waals surface area (Å²) in [6, 6.07) is 12.6. The van der Waals surface area contributed by atoms with E-state index >= 15 is 0 Å². The third-order valence-electron chi connectivity index (χ3n) is 3.32. The lowest BCUT2D eigenvalue weighted by atomic mass is 10.3. The maximum Gasteiger partial charge on any atom is 0.149 e. The van der Waals surface area contributed by atoms with E-state index in [4.69, 9.17) is 4.74 Å². The van der Waals surface area contributed by atoms with E-state index in [2.05, 4.69) is 20.6 Å². The Morgan fingerprint density at radius 2 is 1.56 bits per heavy atom. The summed E-state index contributed by atoms with van der Waals surface area (Å²) in [4.78, 5) is 8.08. The van der Waals surface area contributed by atoms with E-state index in [-0.39, 0.29) is 11.5 Å². The highest BCUT2D eigenvalue weighted by Gasteiger charge is 2.09. The van der Waals surface area contributed by atoms with E-state index in [0.29, 0.717) is 12.4 Å². The van der Waals surface area contributed by atoms with Gasteiger partial charge in [0.25, 0.3) is 0 Å². The fourth-order valence-corrected chi connectivity index (χ4v) is 2.19. The van der Waals surface area contributed by atoms with E-state index in [1.807, 2.05) is 31.2 Å². The molecule has 25 heavy (non-hydrogen) atoms. The molecule has 0 unspecified atom stereocenters. The Morgan fingerprint density at radius 3 is 2.20 bits per heavy atom. The largest absolute Gasteiger partial charge is 0.494 e. The van der Waals surface area contributed by atoms with E-state index < -0.39 is 11.6 Å². The minimum Gasteiger partial charge on any atom is -0.494 e. The number of ether oxygens (including phenoxy) is 1. The van der Waals surface area contributed by atoms with Gasteiger partial charge >= 0.3 is 0 Å². The van der Waals surface area contributed by atoms with Crippen molar-refractivity contribution in [2.45, 2.75) is 6.92 Å². The Balaban J connectivity index is 1.75. The van der Waals surface area contributed by atoms with Crippen LogP contribution in [0, 0.1) is 11.6 Å². The van der Waals surface area contributed by atoms with Gasteiger partial charge in [0.1, 0.15) is 41.0 Å². The number of hydrogen-bond acceptors (Lipinski definition) is 5. The molecule has 0 aliphatic heterocycles. The maximum absolute atomic E-state index is 13.7. The lowest BCUT2D eigenvalue weighted by Gasteiger charge is -2.10. The number of nitrogens with one attached hydrogen (secondary N) is 2. The first-order valence-electron chi connectivity index (χ1n) is 7.68. The molecule has 5 nitrogen and oxygen atoms in total. The molecule has 0 amide bonds. The van der Waals surface area contributed by atoms with Crippen molar-refractivity contribution >= 4 is 23.0 Å². The summed E-state index contributed by atoms with van der Waals surface area (Å²) in [5.41, 5.74) is 0.540. The Hall–Kier alpha value is -3.22. The van der Waals surface area contributed by atoms with Crippen molar-refractivity contribution in [1.82, 2.24) is 9.97 Å². The van der Waals surface area contributed by atoms with Crippen LogP contribution in [0.4, 0.5) is 31.8 Å². The Labute approximate surface area is 143 Å². The third kappa shape index (κ3) is 4.20. The summed E-state index contributed by atoms with van der Waals surface area (Å²) >= 11 is 0. The number of rotatable bonds is 6. The first kappa shape index (κ1) is 16.6. The lowest BCUT2D eigenvalue weighted by Crippen LogP contribution is -2.01. The van der Waals surface area contributed by atoms with Gasteiger partial charge in [0.2, 0.25) is 0 Å². The summed E-state index contributed by atoms with van der Waals surface area (Å²) in [6.45, 7) is 2.51. The molecule has 0 aliphatic rings. The van der Waals surface area contributed by atoms with Crippen molar-refractivity contribution in [3.63, 3.8) is 0 Å². The topological polar surface area (TPSA) is 59.1 Å². The van der Waals surface area contributed by atoms with Crippen LogP contribution in [0.5, 0.6) is 5.75 Å². The van der Waals surface area contributed by atoms with E-state index in [0.717, 1.165) is 11.4 Å². The van der Waals surface area contributed by atoms with Crippen LogP contribution in [0.15, 0.2) is 54.9 Å². The molecule has 1 aromatic heterocycles. The van der Waals surface area contributed by atoms with Crippen LogP contribution in [-0.4, -0.2) is 16.6 Å². The number of benzene rings is 2. The average Bonchev–Trinajstić information content (AvgIpc) is 2.61. The summed E-state index contributed by atoms with van der Waals surface area (Å²) in [5.74, 6) is 0.137. The molecule has 2 aromatic carbocycles. The van der Waals surface area contributed by atoms with E-state index in [1.54, 1.807) is 6.07 Å². The SMILES string of the molecule is CCOc1ccc(Nc2cc(Nc3c(F)cccc3F)ncn2)cc1. The molecule has 7 heteroatoms. The van der Waals surface area contributed by atoms with Crippen molar-refractivity contribution in [3.8, 4) is 5.75 Å². The second-order valence-corrected chi connectivity index (χ2v) is 5.09. The first-order chi connectivity index (χ1) is 12.2. The molecular weight excluding hydrogens is 326 g/mol. The Morgan fingerprint density at radius 1 is 0.920 bits per heavy atom. The monoisotopic (exact) mass is 342 g/mol. The zero-order valence-corrected chi connectivity index (χ0v) is 13.5. The molecule has 0 bridgehead atoms. The highest BCUT2D eigenvalue weighted by atomic mass is 19.1. The zero-order valence-electron chi connectivity index (χ0n) is 13.5. The van der Waals surface area contributed by atoms with Crippen LogP contribution in [0.3, 0.4) is 0 Å². The number of anilines is 4. The molecule has 3 rings (SSSR count). The Bertz CT molecular complexity index is 836. The second-order valence-electron chi connectivity index (χ2n) is 5.09. The van der Waals surface area contributed by atoms with Crippen LogP contribution in [-0.2, 0) is 0 Å². The lowest BCUT2D eigenvalue weighted by molar-refractivity contribution is 0.340. The van der Waals surface area contributed by atoms with Crippen LogP contribution < -0.4 is 15.4 Å². The van der Waals surface area contributed by atoms with Crippen LogP contribution in [0.2, 0.25) is 0 Å². The van der Waals surface area contributed by atoms with Crippen molar-refractivity contribution in [1.29, 1.82) is 0 Å². The molecule has 0 fully saturated rings. The normalized spacial score (nSPS) is 10.4. The van der Waals surface area contributed by atoms with Crippen LogP contribution in [0.1, 0.15) is 6.92 Å². The minimum absolute atomic E-state index is 0.256. The van der Waals surface area contributed by atoms with Gasteiger partial charge in [-0.15, -0.1) is 0 Å². The van der Waals surface area contributed by atoms with Gasteiger partial charge in [-0.3, -0.25) is 0 Å². The molecule has 0 atom stereocenters. The summed E-state index contributed by atoms with van der Waals surface area (Å²) in [7, 11) is 0. The van der Waals surface area contributed by atoms with Crippen LogP contribution in [0.25, 0.3) is 0 Å². The van der Waals surface area contributed by atoms with Gasteiger partial charge in [0.05, 0.1) is 6.61 Å². The molecule has 3 aromatic rings. The fraction of sp³-hybridized carbons (Fsp3) is 0.111. The van der Waals surface area contributed by atoms with Gasteiger partial charge in [-0.1, -0.05) is 6.07 Å². The molecule has 0 spiro atoms. The highest BCUT2D eigenvalue weighted by Crippen LogP contribution is 2.24. The first-order valence-corrected chi connectivity index (χ1v) is 7.68. The number of nitrogens with zero attached hydrogens (tertiary/aromatic N) is 2. The molecule has 0 saturated carbocycles. The van der Waals surface area contributed by atoms with E-state index in [1.165, 1.54) is 24.5 Å². The molecule has 2 N–H and O–H groups in total. The molecule has 0 aliphatic carbocycles. The van der Waals surface area contributed by atoms with Gasteiger partial charge in [0.15, 0.2) is 0 Å². The van der Waals surface area contributed by atoms with Gasteiger partial charge in [-0.25, -0.2) is 18.7 Å². The minimum atomic E-state index is -0.695. The molecular formula is C18H16F2N4O. The zero-order chi connectivity index (χ0) is 17.6. The number of aromatic nitrogens is 2. The van der Waals surface area contributed by atoms with Gasteiger partial charge in [-0.2, -0.15) is 0 Å². The number of para-hydroxylation sites is 1. The number of hydrogen-bond donors (Lipinski definition) is 2. The molecule has 0 radical (unpaired) electrons. The maximum atomic E-state index is 13.7. The van der Waals surface area contributed by atoms with Gasteiger partial charge in [0, 0.05) is 11.8 Å². The molecule has 1 heterocycles. The number of halogens is 2. The van der Waals surface area contributed by atoms with Crippen molar-refractivity contribution in [3.05, 3.63) is 66.5 Å². The standard InChI is InChI=1S/C18H16F2N4O/c1-2-25-13-8-6-12(7-9-13)23-16-10-17(22-11-21-16)24-18-14(19)4-3-5-15(18)20/h3-11H,2H2,1H3,(H2,21,22,23,24). The Kier molecular flexibility index (Phi) is 5.03. The smallest absolute Gasteiger partial charge is 0.149 e. The van der Waals surface area contributed by atoms with Crippen molar-refractivity contribution in [2.75, 3.05) is 17.2 Å². The van der Waals surface area contributed by atoms with E-state index in [9.17, 15) is 8.78 Å². The molecule has 0 saturated heterocycles. The summed E-state index contributed by atoms with van der Waals surface area (Å²) in [5, 5.41) is 5.73.